The van der Waals surface area contributed by atoms with Gasteiger partial charge in [-0.1, -0.05) is 0 Å². The van der Waals surface area contributed by atoms with Crippen molar-refractivity contribution in [2.75, 3.05) is 0 Å². The number of ether oxygens (including phenoxy) is 1. The number of hydrogen-bond donors (Lipinski definition) is 2. The molecule has 0 aliphatic heterocycles. The molecule has 0 aromatic carbocycles. The number of amides is 2. The second kappa shape index (κ2) is 3.44. The normalized spacial score (nSPS) is 16.5. The maximum atomic E-state index is 11.2. The molecule has 0 atom stereocenters. The molecule has 0 bridgehead atoms. The molecule has 2 rings (SSSR count). The SMILES string of the molecule is NC(=O)Oc1cc(C2(C(N)=O)CC2)ncn1. The summed E-state index contributed by atoms with van der Waals surface area (Å²) in [5.74, 6) is -0.416. The highest BCUT2D eigenvalue weighted by atomic mass is 16.6. The fraction of sp³-hybridized carbons (Fsp3) is 0.333. The van der Waals surface area contributed by atoms with Crippen LogP contribution in [-0.2, 0) is 10.2 Å². The molecule has 16 heavy (non-hydrogen) atoms. The number of carbonyl (C=O) groups excluding carboxylic acids is 2. The van der Waals surface area contributed by atoms with Crippen LogP contribution < -0.4 is 16.2 Å². The van der Waals surface area contributed by atoms with Crippen LogP contribution in [0.3, 0.4) is 0 Å². The minimum Gasteiger partial charge on any atom is -0.391 e. The topological polar surface area (TPSA) is 121 Å². The van der Waals surface area contributed by atoms with Gasteiger partial charge in [0.15, 0.2) is 0 Å². The highest BCUT2D eigenvalue weighted by molar-refractivity contribution is 5.89. The van der Waals surface area contributed by atoms with Gasteiger partial charge in [0.2, 0.25) is 11.8 Å². The standard InChI is InChI=1S/C9H10N4O3/c10-7(14)9(1-2-9)5-3-6(13-4-12-5)16-8(11)15/h3-4H,1-2H2,(H2,10,14)(H2,11,15). The lowest BCUT2D eigenvalue weighted by molar-refractivity contribution is -0.120. The second-order valence-corrected chi connectivity index (χ2v) is 3.61. The molecule has 1 heterocycles. The van der Waals surface area contributed by atoms with Crippen molar-refractivity contribution in [1.29, 1.82) is 0 Å². The lowest BCUT2D eigenvalue weighted by Crippen LogP contribution is -2.29. The minimum absolute atomic E-state index is 0.0185. The molecule has 1 saturated carbocycles. The van der Waals surface area contributed by atoms with Gasteiger partial charge in [-0.15, -0.1) is 0 Å². The Morgan fingerprint density at radius 3 is 2.50 bits per heavy atom. The monoisotopic (exact) mass is 222 g/mol. The van der Waals surface area contributed by atoms with Crippen molar-refractivity contribution >= 4 is 12.0 Å². The third-order valence-corrected chi connectivity index (χ3v) is 2.56. The summed E-state index contributed by atoms with van der Waals surface area (Å²) >= 11 is 0. The zero-order valence-electron chi connectivity index (χ0n) is 8.34. The smallest absolute Gasteiger partial charge is 0.391 e. The fourth-order valence-corrected chi connectivity index (χ4v) is 1.51. The molecular weight excluding hydrogens is 212 g/mol. The van der Waals surface area contributed by atoms with E-state index >= 15 is 0 Å². The maximum Gasteiger partial charge on any atom is 0.411 e. The van der Waals surface area contributed by atoms with Crippen molar-refractivity contribution in [1.82, 2.24) is 9.97 Å². The molecule has 4 N–H and O–H groups in total. The molecule has 1 aromatic rings. The molecule has 1 aliphatic carbocycles. The summed E-state index contributed by atoms with van der Waals surface area (Å²) in [6, 6.07) is 1.41. The summed E-state index contributed by atoms with van der Waals surface area (Å²) in [6.45, 7) is 0. The first kappa shape index (κ1) is 10.3. The van der Waals surface area contributed by atoms with Crippen LogP contribution in [0.1, 0.15) is 18.5 Å². The molecule has 7 nitrogen and oxygen atoms in total. The zero-order valence-corrected chi connectivity index (χ0v) is 8.34. The largest absolute Gasteiger partial charge is 0.411 e. The summed E-state index contributed by atoms with van der Waals surface area (Å²) < 4.78 is 4.59. The first-order chi connectivity index (χ1) is 7.54. The maximum absolute atomic E-state index is 11.2. The van der Waals surface area contributed by atoms with E-state index in [1.54, 1.807) is 0 Å². The van der Waals surface area contributed by atoms with Crippen molar-refractivity contribution in [2.45, 2.75) is 18.3 Å². The number of primary amides is 2. The minimum atomic E-state index is -0.964. The first-order valence-corrected chi connectivity index (χ1v) is 4.64. The van der Waals surface area contributed by atoms with E-state index in [-0.39, 0.29) is 5.88 Å². The van der Waals surface area contributed by atoms with Gasteiger partial charge < -0.3 is 16.2 Å². The summed E-state index contributed by atoms with van der Waals surface area (Å²) in [6.07, 6.45) is 1.54. The lowest BCUT2D eigenvalue weighted by atomic mass is 10.0. The highest BCUT2D eigenvalue weighted by Crippen LogP contribution is 2.47. The Hall–Kier alpha value is -2.18. The van der Waals surface area contributed by atoms with Gasteiger partial charge in [-0.3, -0.25) is 4.79 Å². The van der Waals surface area contributed by atoms with E-state index in [0.717, 1.165) is 0 Å². The van der Waals surface area contributed by atoms with E-state index < -0.39 is 17.4 Å². The van der Waals surface area contributed by atoms with E-state index in [1.807, 2.05) is 0 Å². The van der Waals surface area contributed by atoms with Gasteiger partial charge in [-0.25, -0.2) is 14.8 Å². The van der Waals surface area contributed by atoms with Gasteiger partial charge in [0, 0.05) is 6.07 Å². The molecule has 0 unspecified atom stereocenters. The summed E-state index contributed by atoms with van der Waals surface area (Å²) in [7, 11) is 0. The Balaban J connectivity index is 2.29. The summed E-state index contributed by atoms with van der Waals surface area (Å²) in [5.41, 5.74) is 9.87. The van der Waals surface area contributed by atoms with E-state index in [4.69, 9.17) is 11.5 Å². The molecular formula is C9H10N4O3. The molecule has 0 saturated heterocycles. The van der Waals surface area contributed by atoms with Gasteiger partial charge in [-0.2, -0.15) is 0 Å². The Morgan fingerprint density at radius 2 is 2.00 bits per heavy atom. The van der Waals surface area contributed by atoms with Crippen LogP contribution in [-0.4, -0.2) is 22.0 Å². The van der Waals surface area contributed by atoms with Gasteiger partial charge in [-0.05, 0) is 12.8 Å². The number of rotatable bonds is 3. The highest BCUT2D eigenvalue weighted by Gasteiger charge is 2.51. The third-order valence-electron chi connectivity index (χ3n) is 2.56. The molecule has 0 radical (unpaired) electrons. The van der Waals surface area contributed by atoms with Crippen LogP contribution in [0.4, 0.5) is 4.79 Å². The summed E-state index contributed by atoms with van der Waals surface area (Å²) in [4.78, 5) is 29.4. The summed E-state index contributed by atoms with van der Waals surface area (Å²) in [5, 5.41) is 0. The van der Waals surface area contributed by atoms with Crippen LogP contribution in [0.5, 0.6) is 5.88 Å². The van der Waals surface area contributed by atoms with E-state index in [2.05, 4.69) is 14.7 Å². The van der Waals surface area contributed by atoms with E-state index in [1.165, 1.54) is 12.4 Å². The average molecular weight is 222 g/mol. The van der Waals surface area contributed by atoms with Crippen LogP contribution in [0.15, 0.2) is 12.4 Å². The number of aromatic nitrogens is 2. The Labute approximate surface area is 90.8 Å². The third kappa shape index (κ3) is 1.67. The van der Waals surface area contributed by atoms with Crippen molar-refractivity contribution in [3.8, 4) is 5.88 Å². The second-order valence-electron chi connectivity index (χ2n) is 3.61. The number of hydrogen-bond acceptors (Lipinski definition) is 5. The molecule has 1 fully saturated rings. The quantitative estimate of drug-likeness (QED) is 0.710. The van der Waals surface area contributed by atoms with Crippen molar-refractivity contribution in [3.63, 3.8) is 0 Å². The van der Waals surface area contributed by atoms with Crippen molar-refractivity contribution in [3.05, 3.63) is 18.1 Å². The number of carbonyl (C=O) groups is 2. The van der Waals surface area contributed by atoms with Crippen LogP contribution in [0.25, 0.3) is 0 Å². The Morgan fingerprint density at radius 1 is 1.31 bits per heavy atom. The molecule has 2 amide bonds. The van der Waals surface area contributed by atoms with Crippen LogP contribution in [0.2, 0.25) is 0 Å². The van der Waals surface area contributed by atoms with Gasteiger partial charge in [0.1, 0.15) is 6.33 Å². The number of nitrogens with two attached hydrogens (primary N) is 2. The van der Waals surface area contributed by atoms with E-state index in [9.17, 15) is 9.59 Å². The molecule has 84 valence electrons. The van der Waals surface area contributed by atoms with Crippen molar-refractivity contribution in [2.24, 2.45) is 11.5 Å². The van der Waals surface area contributed by atoms with Gasteiger partial charge in [0.25, 0.3) is 0 Å². The van der Waals surface area contributed by atoms with Gasteiger partial charge >= 0.3 is 6.09 Å². The average Bonchev–Trinajstić information content (AvgIpc) is 2.97. The predicted molar refractivity (Wildman–Crippen MR) is 52.3 cm³/mol. The fourth-order valence-electron chi connectivity index (χ4n) is 1.51. The van der Waals surface area contributed by atoms with Crippen LogP contribution in [0, 0.1) is 0 Å². The first-order valence-electron chi connectivity index (χ1n) is 4.64. The van der Waals surface area contributed by atoms with Crippen LogP contribution >= 0.6 is 0 Å². The Bertz CT molecular complexity index is 456. The molecule has 0 spiro atoms. The molecule has 1 aromatic heterocycles. The Kier molecular flexibility index (Phi) is 2.22. The number of nitrogens with zero attached hydrogens (tertiary/aromatic N) is 2. The predicted octanol–water partition coefficient (Wildman–Crippen LogP) is -0.549. The molecule has 7 heteroatoms. The van der Waals surface area contributed by atoms with Gasteiger partial charge in [0.05, 0.1) is 11.1 Å². The zero-order chi connectivity index (χ0) is 11.8. The molecule has 1 aliphatic rings. The lowest BCUT2D eigenvalue weighted by Gasteiger charge is -2.10. The van der Waals surface area contributed by atoms with Crippen molar-refractivity contribution < 1.29 is 14.3 Å². The van der Waals surface area contributed by atoms with E-state index in [0.29, 0.717) is 18.5 Å².